The molecule has 2 aromatic rings. The summed E-state index contributed by atoms with van der Waals surface area (Å²) in [7, 11) is -5.50. The third-order valence-electron chi connectivity index (χ3n) is 2.65. The Hall–Kier alpha value is -0.250. The Kier molecular flexibility index (Phi) is 6.36. The Labute approximate surface area is 142 Å². The quantitative estimate of drug-likeness (QED) is 0.456. The number of nitrogens with zero attached hydrogens (tertiary/aromatic N) is 2. The summed E-state index contributed by atoms with van der Waals surface area (Å²) in [6, 6.07) is 7.27. The SMILES string of the molecule is CS(=O)c1nc2ccccc2n1CCCS(=O)(=O)[O-].[Na+]. The van der Waals surface area contributed by atoms with E-state index in [-0.39, 0.29) is 36.0 Å². The van der Waals surface area contributed by atoms with Crippen LogP contribution >= 0.6 is 0 Å². The van der Waals surface area contributed by atoms with E-state index in [9.17, 15) is 17.2 Å². The fourth-order valence-electron chi connectivity index (χ4n) is 1.89. The van der Waals surface area contributed by atoms with Gasteiger partial charge in [0.25, 0.3) is 0 Å². The number of rotatable bonds is 5. The van der Waals surface area contributed by atoms with E-state index in [1.54, 1.807) is 10.6 Å². The third-order valence-corrected chi connectivity index (χ3v) is 4.27. The molecule has 1 unspecified atom stereocenters. The Bertz CT molecular complexity index is 727. The summed E-state index contributed by atoms with van der Waals surface area (Å²) in [4.78, 5) is 4.26. The molecule has 1 heterocycles. The van der Waals surface area contributed by atoms with Crippen molar-refractivity contribution in [1.29, 1.82) is 0 Å². The van der Waals surface area contributed by atoms with Gasteiger partial charge in [-0.25, -0.2) is 13.4 Å². The molecule has 1 aromatic carbocycles. The first-order valence-electron chi connectivity index (χ1n) is 5.61. The van der Waals surface area contributed by atoms with Crippen LogP contribution in [-0.2, 0) is 27.5 Å². The Balaban J connectivity index is 0.00000200. The van der Waals surface area contributed by atoms with Crippen molar-refractivity contribution in [2.24, 2.45) is 0 Å². The van der Waals surface area contributed by atoms with E-state index >= 15 is 0 Å². The maximum Gasteiger partial charge on any atom is 1.00 e. The summed E-state index contributed by atoms with van der Waals surface area (Å²) in [6.45, 7) is 0.302. The van der Waals surface area contributed by atoms with Gasteiger partial charge >= 0.3 is 29.6 Å². The Morgan fingerprint density at radius 2 is 2.00 bits per heavy atom. The van der Waals surface area contributed by atoms with E-state index in [0.29, 0.717) is 17.2 Å². The van der Waals surface area contributed by atoms with Gasteiger partial charge in [0.05, 0.1) is 32.0 Å². The van der Waals surface area contributed by atoms with Gasteiger partial charge in [-0.3, -0.25) is 4.21 Å². The van der Waals surface area contributed by atoms with Crippen LogP contribution in [-0.4, -0.2) is 38.7 Å². The Morgan fingerprint density at radius 1 is 1.35 bits per heavy atom. The molecule has 0 aliphatic rings. The molecule has 6 nitrogen and oxygen atoms in total. The molecule has 9 heteroatoms. The summed E-state index contributed by atoms with van der Waals surface area (Å²) < 4.78 is 45.2. The number of aryl methyl sites for hydroxylation is 1. The summed E-state index contributed by atoms with van der Waals surface area (Å²) >= 11 is 0. The molecule has 104 valence electrons. The summed E-state index contributed by atoms with van der Waals surface area (Å²) in [5, 5.41) is 0.393. The molecule has 0 spiro atoms. The van der Waals surface area contributed by atoms with Crippen LogP contribution in [0.25, 0.3) is 11.0 Å². The topological polar surface area (TPSA) is 92.1 Å². The number of fused-ring (bicyclic) bond motifs is 1. The van der Waals surface area contributed by atoms with Gasteiger partial charge in [0.2, 0.25) is 0 Å². The number of aromatic nitrogens is 2. The minimum absolute atomic E-state index is 0. The minimum atomic E-state index is -4.22. The van der Waals surface area contributed by atoms with E-state index in [2.05, 4.69) is 4.98 Å². The van der Waals surface area contributed by atoms with E-state index < -0.39 is 26.7 Å². The molecule has 0 fully saturated rings. The monoisotopic (exact) mass is 324 g/mol. The van der Waals surface area contributed by atoms with Gasteiger partial charge < -0.3 is 9.12 Å². The standard InChI is InChI=1S/C11H14N2O4S2.Na/c1-18(14)11-12-9-5-2-3-6-10(9)13(11)7-4-8-19(15,16)17;/h2-3,5-6H,4,7-8H2,1H3,(H,15,16,17);/q;+1/p-1. The Morgan fingerprint density at radius 3 is 2.60 bits per heavy atom. The van der Waals surface area contributed by atoms with Gasteiger partial charge in [-0.1, -0.05) is 12.1 Å². The molecule has 0 bridgehead atoms. The van der Waals surface area contributed by atoms with Crippen molar-refractivity contribution in [1.82, 2.24) is 9.55 Å². The summed E-state index contributed by atoms with van der Waals surface area (Å²) in [6.07, 6.45) is 1.69. The van der Waals surface area contributed by atoms with Gasteiger partial charge in [0, 0.05) is 18.6 Å². The summed E-state index contributed by atoms with van der Waals surface area (Å²) in [5.41, 5.74) is 1.49. The minimum Gasteiger partial charge on any atom is -0.748 e. The first kappa shape index (κ1) is 17.8. The second-order valence-corrected chi connectivity index (χ2v) is 6.90. The maximum absolute atomic E-state index is 11.6. The predicted molar refractivity (Wildman–Crippen MR) is 71.2 cm³/mol. The molecule has 0 radical (unpaired) electrons. The zero-order valence-electron chi connectivity index (χ0n) is 11.3. The van der Waals surface area contributed by atoms with Crippen molar-refractivity contribution in [3.63, 3.8) is 0 Å². The van der Waals surface area contributed by atoms with Crippen molar-refractivity contribution in [2.45, 2.75) is 18.1 Å². The fraction of sp³-hybridized carbons (Fsp3) is 0.364. The number of hydrogen-bond acceptors (Lipinski definition) is 5. The molecule has 0 amide bonds. The maximum atomic E-state index is 11.6. The van der Waals surface area contributed by atoms with Gasteiger partial charge in [-0.2, -0.15) is 0 Å². The molecule has 0 aliphatic heterocycles. The first-order valence-corrected chi connectivity index (χ1v) is 8.74. The molecule has 1 aromatic heterocycles. The van der Waals surface area contributed by atoms with Gasteiger partial charge in [-0.15, -0.1) is 0 Å². The molecular weight excluding hydrogens is 311 g/mol. The first-order chi connectivity index (χ1) is 8.88. The molecule has 0 N–H and O–H groups in total. The normalized spacial score (nSPS) is 13.1. The van der Waals surface area contributed by atoms with E-state index in [1.807, 2.05) is 18.2 Å². The van der Waals surface area contributed by atoms with Crippen LogP contribution in [0.3, 0.4) is 0 Å². The van der Waals surface area contributed by atoms with Crippen LogP contribution in [0.15, 0.2) is 29.4 Å². The molecule has 20 heavy (non-hydrogen) atoms. The van der Waals surface area contributed by atoms with Crippen molar-refractivity contribution in [3.8, 4) is 0 Å². The number of hydrogen-bond donors (Lipinski definition) is 0. The average molecular weight is 324 g/mol. The van der Waals surface area contributed by atoms with Crippen LogP contribution in [0.1, 0.15) is 6.42 Å². The van der Waals surface area contributed by atoms with Crippen LogP contribution in [0.4, 0.5) is 0 Å². The van der Waals surface area contributed by atoms with Crippen LogP contribution < -0.4 is 29.6 Å². The van der Waals surface area contributed by atoms with Gasteiger partial charge in [0.15, 0.2) is 5.16 Å². The smallest absolute Gasteiger partial charge is 0.748 e. The fourth-order valence-corrected chi connectivity index (χ4v) is 3.10. The zero-order valence-corrected chi connectivity index (χ0v) is 14.9. The molecule has 0 saturated carbocycles. The number of imidazole rings is 1. The average Bonchev–Trinajstić information content (AvgIpc) is 2.67. The van der Waals surface area contributed by atoms with Crippen molar-refractivity contribution >= 4 is 32.0 Å². The van der Waals surface area contributed by atoms with Gasteiger partial charge in [-0.05, 0) is 18.6 Å². The van der Waals surface area contributed by atoms with Crippen LogP contribution in [0, 0.1) is 0 Å². The van der Waals surface area contributed by atoms with E-state index in [1.165, 1.54) is 6.26 Å². The molecule has 2 rings (SSSR count). The second-order valence-electron chi connectivity index (χ2n) is 4.10. The van der Waals surface area contributed by atoms with E-state index in [0.717, 1.165) is 5.52 Å². The zero-order chi connectivity index (χ0) is 14.0. The molecule has 0 saturated heterocycles. The largest absolute Gasteiger partial charge is 1.00 e. The molecule has 0 aliphatic carbocycles. The summed E-state index contributed by atoms with van der Waals surface area (Å²) in [5.74, 6) is -0.435. The predicted octanol–water partition coefficient (Wildman–Crippen LogP) is -2.29. The van der Waals surface area contributed by atoms with Crippen LogP contribution in [0.5, 0.6) is 0 Å². The van der Waals surface area contributed by atoms with Crippen molar-refractivity contribution < 1.29 is 46.7 Å². The van der Waals surface area contributed by atoms with Crippen LogP contribution in [0.2, 0.25) is 0 Å². The van der Waals surface area contributed by atoms with Crippen molar-refractivity contribution in [3.05, 3.63) is 24.3 Å². The van der Waals surface area contributed by atoms with Gasteiger partial charge in [0.1, 0.15) is 0 Å². The number of para-hydroxylation sites is 2. The number of benzene rings is 1. The van der Waals surface area contributed by atoms with E-state index in [4.69, 9.17) is 0 Å². The van der Waals surface area contributed by atoms with Crippen molar-refractivity contribution in [2.75, 3.05) is 12.0 Å². The molecule has 1 atom stereocenters. The molecular formula is C11H13N2NaO4S2. The third kappa shape index (κ3) is 4.37. The second kappa shape index (κ2) is 7.15.